The number of carboxylic acid groups (broad SMARTS) is 1. The van der Waals surface area contributed by atoms with Crippen LogP contribution in [0.4, 0.5) is 15.8 Å². The maximum Gasteiger partial charge on any atom is 0.326 e. The van der Waals surface area contributed by atoms with Crippen LogP contribution in [0.5, 0.6) is 0 Å². The molecule has 3 aromatic carbocycles. The van der Waals surface area contributed by atoms with Crippen LogP contribution in [-0.4, -0.2) is 36.0 Å². The van der Waals surface area contributed by atoms with Gasteiger partial charge in [-0.3, -0.25) is 9.59 Å². The van der Waals surface area contributed by atoms with Crippen molar-refractivity contribution in [2.45, 2.75) is 33.2 Å². The molecule has 2 amide bonds. The SMILES string of the molecule is C=C(Nc1cc(-c2cccc(F)c2)ccc1C(=O)NC(CC(=O)NC)C(=O)O)Nc1c(C)cc(C)cc1C. The number of nitrogens with one attached hydrogen (secondary N) is 4. The smallest absolute Gasteiger partial charge is 0.326 e. The highest BCUT2D eigenvalue weighted by atomic mass is 19.1. The van der Waals surface area contributed by atoms with Crippen LogP contribution in [0.1, 0.15) is 33.5 Å². The summed E-state index contributed by atoms with van der Waals surface area (Å²) in [5.74, 6) is -2.62. The van der Waals surface area contributed by atoms with Crippen molar-refractivity contribution >= 4 is 29.2 Å². The van der Waals surface area contributed by atoms with Crippen molar-refractivity contribution in [3.8, 4) is 11.1 Å². The molecule has 3 rings (SSSR count). The molecular formula is C29H31FN4O4. The summed E-state index contributed by atoms with van der Waals surface area (Å²) in [5.41, 5.74) is 5.64. The number of hydrogen-bond donors (Lipinski definition) is 5. The van der Waals surface area contributed by atoms with Gasteiger partial charge in [0.15, 0.2) is 0 Å². The predicted octanol–water partition coefficient (Wildman–Crippen LogP) is 4.73. The number of anilines is 2. The van der Waals surface area contributed by atoms with E-state index in [2.05, 4.69) is 27.8 Å². The zero-order chi connectivity index (χ0) is 28.0. The fourth-order valence-corrected chi connectivity index (χ4v) is 4.14. The van der Waals surface area contributed by atoms with Crippen LogP contribution in [0.15, 0.2) is 67.0 Å². The highest BCUT2D eigenvalue weighted by molar-refractivity contribution is 6.03. The van der Waals surface area contributed by atoms with Crippen molar-refractivity contribution in [1.29, 1.82) is 0 Å². The van der Waals surface area contributed by atoms with Crippen LogP contribution in [0.25, 0.3) is 11.1 Å². The molecule has 0 radical (unpaired) electrons. The van der Waals surface area contributed by atoms with Gasteiger partial charge in [-0.25, -0.2) is 9.18 Å². The van der Waals surface area contributed by atoms with Crippen molar-refractivity contribution in [2.24, 2.45) is 0 Å². The molecule has 38 heavy (non-hydrogen) atoms. The second kappa shape index (κ2) is 12.1. The third-order valence-electron chi connectivity index (χ3n) is 5.93. The molecule has 0 aliphatic heterocycles. The molecule has 0 fully saturated rings. The topological polar surface area (TPSA) is 120 Å². The number of aliphatic carboxylic acids is 1. The number of carbonyl (C=O) groups excluding carboxylic acids is 2. The molecule has 8 nitrogen and oxygen atoms in total. The molecule has 3 aromatic rings. The Balaban J connectivity index is 1.96. The van der Waals surface area contributed by atoms with Gasteiger partial charge in [0, 0.05) is 12.7 Å². The third kappa shape index (κ3) is 6.97. The van der Waals surface area contributed by atoms with E-state index in [4.69, 9.17) is 0 Å². The minimum absolute atomic E-state index is 0.119. The van der Waals surface area contributed by atoms with Gasteiger partial charge >= 0.3 is 5.97 Å². The molecule has 0 bridgehead atoms. The van der Waals surface area contributed by atoms with Crippen LogP contribution >= 0.6 is 0 Å². The molecule has 5 N–H and O–H groups in total. The van der Waals surface area contributed by atoms with Gasteiger partial charge in [-0.05, 0) is 67.3 Å². The van der Waals surface area contributed by atoms with Crippen molar-refractivity contribution < 1.29 is 23.9 Å². The molecule has 0 saturated carbocycles. The molecule has 9 heteroatoms. The quantitative estimate of drug-likeness (QED) is 0.265. The van der Waals surface area contributed by atoms with E-state index in [0.717, 1.165) is 22.4 Å². The van der Waals surface area contributed by atoms with Gasteiger partial charge in [0.25, 0.3) is 5.91 Å². The summed E-state index contributed by atoms with van der Waals surface area (Å²) in [6.45, 7) is 9.99. The predicted molar refractivity (Wildman–Crippen MR) is 146 cm³/mol. The van der Waals surface area contributed by atoms with E-state index < -0.39 is 36.1 Å². The minimum Gasteiger partial charge on any atom is -0.480 e. The number of amides is 2. The van der Waals surface area contributed by atoms with E-state index in [1.54, 1.807) is 24.3 Å². The normalized spacial score (nSPS) is 11.3. The molecule has 198 valence electrons. The average molecular weight is 519 g/mol. The third-order valence-corrected chi connectivity index (χ3v) is 5.93. The number of rotatable bonds is 10. The van der Waals surface area contributed by atoms with Crippen LogP contribution in [0.3, 0.4) is 0 Å². The molecule has 0 aliphatic rings. The number of aryl methyl sites for hydroxylation is 3. The molecule has 1 unspecified atom stereocenters. The largest absolute Gasteiger partial charge is 0.480 e. The Morgan fingerprint density at radius 2 is 1.61 bits per heavy atom. The van der Waals surface area contributed by atoms with Crippen molar-refractivity contribution in [3.05, 3.63) is 95.1 Å². The van der Waals surface area contributed by atoms with Crippen molar-refractivity contribution in [1.82, 2.24) is 10.6 Å². The number of benzene rings is 3. The number of halogens is 1. The summed E-state index contributed by atoms with van der Waals surface area (Å²) in [6, 6.07) is 13.4. The Kier molecular flexibility index (Phi) is 8.85. The standard InChI is InChI=1S/C29H31FN4O4/c1-16-11-17(2)27(18(3)12-16)33-19(4)32-24-14-21(20-7-6-8-22(30)13-20)9-10-23(24)28(36)34-25(29(37)38)15-26(35)31-5/h6-14,25,32-33H,4,15H2,1-3,5H3,(H,31,35)(H,34,36)(H,37,38). The summed E-state index contributed by atoms with van der Waals surface area (Å²) >= 11 is 0. The Hall–Kier alpha value is -4.66. The van der Waals surface area contributed by atoms with Gasteiger partial charge in [0.1, 0.15) is 17.7 Å². The van der Waals surface area contributed by atoms with E-state index in [1.165, 1.54) is 25.2 Å². The van der Waals surface area contributed by atoms with E-state index in [9.17, 15) is 23.9 Å². The van der Waals surface area contributed by atoms with E-state index >= 15 is 0 Å². The Bertz CT molecular complexity index is 1380. The molecular weight excluding hydrogens is 487 g/mol. The van der Waals surface area contributed by atoms with Crippen LogP contribution in [-0.2, 0) is 9.59 Å². The van der Waals surface area contributed by atoms with Crippen molar-refractivity contribution in [2.75, 3.05) is 17.7 Å². The van der Waals surface area contributed by atoms with E-state index in [0.29, 0.717) is 22.6 Å². The molecule has 0 heterocycles. The first kappa shape index (κ1) is 27.9. The first-order valence-electron chi connectivity index (χ1n) is 11.9. The number of hydrogen-bond acceptors (Lipinski definition) is 5. The maximum atomic E-state index is 13.9. The summed E-state index contributed by atoms with van der Waals surface area (Å²) in [6.07, 6.45) is -0.429. The first-order valence-corrected chi connectivity index (χ1v) is 11.9. The first-order chi connectivity index (χ1) is 18.0. The number of carboxylic acids is 1. The summed E-state index contributed by atoms with van der Waals surface area (Å²) in [5, 5.41) is 20.6. The summed E-state index contributed by atoms with van der Waals surface area (Å²) < 4.78 is 13.9. The lowest BCUT2D eigenvalue weighted by atomic mass is 10.0. The van der Waals surface area contributed by atoms with E-state index in [-0.39, 0.29) is 5.56 Å². The molecule has 0 aromatic heterocycles. The van der Waals surface area contributed by atoms with Gasteiger partial charge in [-0.1, -0.05) is 42.5 Å². The zero-order valence-corrected chi connectivity index (χ0v) is 21.7. The average Bonchev–Trinajstić information content (AvgIpc) is 2.85. The van der Waals surface area contributed by atoms with Gasteiger partial charge in [-0.15, -0.1) is 0 Å². The van der Waals surface area contributed by atoms with Crippen LogP contribution < -0.4 is 21.3 Å². The monoisotopic (exact) mass is 518 g/mol. The van der Waals surface area contributed by atoms with Gasteiger partial charge in [0.05, 0.1) is 17.7 Å². The van der Waals surface area contributed by atoms with Crippen LogP contribution in [0, 0.1) is 26.6 Å². The fourth-order valence-electron chi connectivity index (χ4n) is 4.14. The molecule has 0 aliphatic carbocycles. The summed E-state index contributed by atoms with van der Waals surface area (Å²) in [7, 11) is 1.38. The lowest BCUT2D eigenvalue weighted by Gasteiger charge is -2.20. The Morgan fingerprint density at radius 3 is 2.21 bits per heavy atom. The Morgan fingerprint density at radius 1 is 0.947 bits per heavy atom. The zero-order valence-electron chi connectivity index (χ0n) is 21.7. The second-order valence-electron chi connectivity index (χ2n) is 9.01. The van der Waals surface area contributed by atoms with Crippen molar-refractivity contribution in [3.63, 3.8) is 0 Å². The van der Waals surface area contributed by atoms with Gasteiger partial charge in [-0.2, -0.15) is 0 Å². The summed E-state index contributed by atoms with van der Waals surface area (Å²) in [4.78, 5) is 36.6. The lowest BCUT2D eigenvalue weighted by molar-refractivity contribution is -0.141. The highest BCUT2D eigenvalue weighted by Gasteiger charge is 2.25. The van der Waals surface area contributed by atoms with E-state index in [1.807, 2.05) is 32.9 Å². The second-order valence-corrected chi connectivity index (χ2v) is 9.01. The molecule has 0 spiro atoms. The number of carbonyl (C=O) groups is 3. The molecule has 1 atom stereocenters. The molecule has 0 saturated heterocycles. The minimum atomic E-state index is -1.43. The highest BCUT2D eigenvalue weighted by Crippen LogP contribution is 2.29. The Labute approximate surface area is 221 Å². The van der Waals surface area contributed by atoms with Gasteiger partial charge in [0.2, 0.25) is 5.91 Å². The fraction of sp³-hybridized carbons (Fsp3) is 0.207. The van der Waals surface area contributed by atoms with Gasteiger partial charge < -0.3 is 26.4 Å². The maximum absolute atomic E-state index is 13.9. The lowest BCUT2D eigenvalue weighted by Crippen LogP contribution is -2.44. The van der Waals surface area contributed by atoms with Crippen LogP contribution in [0.2, 0.25) is 0 Å².